The number of hydrogen-bond acceptors (Lipinski definition) is 4. The fourth-order valence-corrected chi connectivity index (χ4v) is 4.07. The second-order valence-electron chi connectivity index (χ2n) is 6.09. The molecule has 5 nitrogen and oxygen atoms in total. The molecule has 2 fully saturated rings. The molecule has 2 aliphatic rings. The molecular weight excluding hydrogens is 298 g/mol. The molecule has 0 unspecified atom stereocenters. The molecule has 2 atom stereocenters. The fourth-order valence-electron chi connectivity index (χ4n) is 3.36. The number of likely N-dealkylation sites (tertiary alicyclic amines) is 1. The first-order valence-electron chi connectivity index (χ1n) is 8.07. The van der Waals surface area contributed by atoms with Gasteiger partial charge in [0.1, 0.15) is 6.04 Å². The van der Waals surface area contributed by atoms with Crippen molar-refractivity contribution >= 4 is 23.2 Å². The molecule has 0 saturated carbocycles. The molecule has 120 valence electrons. The quantitative estimate of drug-likeness (QED) is 0.887. The van der Waals surface area contributed by atoms with E-state index in [1.807, 2.05) is 0 Å². The Labute approximate surface area is 135 Å². The van der Waals surface area contributed by atoms with Crippen molar-refractivity contribution in [3.63, 3.8) is 0 Å². The highest BCUT2D eigenvalue weighted by molar-refractivity contribution is 7.07. The summed E-state index contributed by atoms with van der Waals surface area (Å²) in [6.45, 7) is 2.05. The zero-order valence-corrected chi connectivity index (χ0v) is 13.5. The first-order valence-corrected chi connectivity index (χ1v) is 9.01. The molecule has 0 spiro atoms. The van der Waals surface area contributed by atoms with Crippen LogP contribution in [-0.2, 0) is 9.59 Å². The summed E-state index contributed by atoms with van der Waals surface area (Å²) in [7, 11) is 0. The van der Waals surface area contributed by atoms with E-state index >= 15 is 0 Å². The molecule has 0 bridgehead atoms. The van der Waals surface area contributed by atoms with Crippen LogP contribution in [0.1, 0.15) is 43.7 Å². The second-order valence-corrected chi connectivity index (χ2v) is 6.87. The zero-order chi connectivity index (χ0) is 15.4. The van der Waals surface area contributed by atoms with Crippen LogP contribution in [0.3, 0.4) is 0 Å². The van der Waals surface area contributed by atoms with Gasteiger partial charge in [0.25, 0.3) is 0 Å². The number of hydrogen-bond donors (Lipinski definition) is 2. The van der Waals surface area contributed by atoms with E-state index in [1.165, 1.54) is 5.56 Å². The summed E-state index contributed by atoms with van der Waals surface area (Å²) in [4.78, 5) is 26.4. The number of thiophene rings is 1. The van der Waals surface area contributed by atoms with Crippen molar-refractivity contribution in [2.24, 2.45) is 0 Å². The van der Waals surface area contributed by atoms with Crippen molar-refractivity contribution in [3.05, 3.63) is 22.4 Å². The van der Waals surface area contributed by atoms with Crippen molar-refractivity contribution in [2.75, 3.05) is 19.6 Å². The number of rotatable bonds is 4. The Morgan fingerprint density at radius 1 is 1.36 bits per heavy atom. The van der Waals surface area contributed by atoms with Gasteiger partial charge in [-0.1, -0.05) is 0 Å². The highest BCUT2D eigenvalue weighted by atomic mass is 32.1. The van der Waals surface area contributed by atoms with Gasteiger partial charge in [0, 0.05) is 12.6 Å². The van der Waals surface area contributed by atoms with Crippen molar-refractivity contribution in [1.82, 2.24) is 15.5 Å². The van der Waals surface area contributed by atoms with Crippen LogP contribution in [-0.4, -0.2) is 42.4 Å². The minimum Gasteiger partial charge on any atom is -0.354 e. The van der Waals surface area contributed by atoms with E-state index in [0.717, 1.165) is 45.2 Å². The third-order valence-electron chi connectivity index (χ3n) is 4.51. The maximum absolute atomic E-state index is 12.3. The van der Waals surface area contributed by atoms with Gasteiger partial charge in [-0.2, -0.15) is 11.3 Å². The van der Waals surface area contributed by atoms with Gasteiger partial charge in [0.05, 0.1) is 6.54 Å². The van der Waals surface area contributed by atoms with Crippen molar-refractivity contribution in [2.45, 2.75) is 44.2 Å². The van der Waals surface area contributed by atoms with E-state index < -0.39 is 0 Å². The average molecular weight is 321 g/mol. The number of nitrogens with one attached hydrogen (secondary N) is 2. The van der Waals surface area contributed by atoms with E-state index in [-0.39, 0.29) is 17.9 Å². The molecule has 2 amide bonds. The monoisotopic (exact) mass is 321 g/mol. The molecule has 3 heterocycles. The summed E-state index contributed by atoms with van der Waals surface area (Å²) in [6.07, 6.45) is 4.94. The largest absolute Gasteiger partial charge is 0.354 e. The van der Waals surface area contributed by atoms with Gasteiger partial charge >= 0.3 is 0 Å². The Balaban J connectivity index is 1.55. The molecule has 2 aliphatic heterocycles. The van der Waals surface area contributed by atoms with Crippen LogP contribution in [0.4, 0.5) is 0 Å². The van der Waals surface area contributed by atoms with E-state index in [1.54, 1.807) is 11.3 Å². The first-order chi connectivity index (χ1) is 10.7. The molecule has 6 heteroatoms. The van der Waals surface area contributed by atoms with Crippen LogP contribution >= 0.6 is 11.3 Å². The van der Waals surface area contributed by atoms with E-state index in [2.05, 4.69) is 32.4 Å². The Bertz CT molecular complexity index is 517. The number of nitrogens with zero attached hydrogens (tertiary/aromatic N) is 1. The highest BCUT2D eigenvalue weighted by Gasteiger charge is 2.29. The van der Waals surface area contributed by atoms with Crippen LogP contribution in [0, 0.1) is 0 Å². The predicted molar refractivity (Wildman–Crippen MR) is 86.7 cm³/mol. The van der Waals surface area contributed by atoms with Gasteiger partial charge in [-0.3, -0.25) is 14.5 Å². The Kier molecular flexibility index (Phi) is 5.10. The lowest BCUT2D eigenvalue weighted by molar-refractivity contribution is -0.129. The smallest absolute Gasteiger partial charge is 0.242 e. The maximum atomic E-state index is 12.3. The van der Waals surface area contributed by atoms with Crippen LogP contribution in [0.5, 0.6) is 0 Å². The van der Waals surface area contributed by atoms with Gasteiger partial charge in [-0.15, -0.1) is 0 Å². The summed E-state index contributed by atoms with van der Waals surface area (Å²) in [5.41, 5.74) is 1.31. The Morgan fingerprint density at radius 2 is 2.27 bits per heavy atom. The lowest BCUT2D eigenvalue weighted by atomic mass is 10.1. The molecule has 0 aliphatic carbocycles. The highest BCUT2D eigenvalue weighted by Crippen LogP contribution is 2.32. The molecule has 22 heavy (non-hydrogen) atoms. The number of amides is 2. The molecule has 2 saturated heterocycles. The summed E-state index contributed by atoms with van der Waals surface area (Å²) < 4.78 is 0. The van der Waals surface area contributed by atoms with E-state index in [4.69, 9.17) is 0 Å². The minimum atomic E-state index is -0.364. The Morgan fingerprint density at radius 3 is 3.09 bits per heavy atom. The first kappa shape index (κ1) is 15.5. The van der Waals surface area contributed by atoms with Gasteiger partial charge in [0.15, 0.2) is 0 Å². The molecular formula is C16H23N3O2S. The van der Waals surface area contributed by atoms with Crippen LogP contribution in [0.15, 0.2) is 16.8 Å². The maximum Gasteiger partial charge on any atom is 0.242 e. The summed E-state index contributed by atoms with van der Waals surface area (Å²) in [5, 5.41) is 10.0. The van der Waals surface area contributed by atoms with Gasteiger partial charge in [0.2, 0.25) is 11.8 Å². The van der Waals surface area contributed by atoms with Crippen LogP contribution in [0.2, 0.25) is 0 Å². The van der Waals surface area contributed by atoms with Crippen molar-refractivity contribution in [1.29, 1.82) is 0 Å². The average Bonchev–Trinajstić information content (AvgIpc) is 3.12. The standard InChI is InChI=1S/C16H23N3O2S/c20-15(18-13-4-1-2-7-17-16(13)21)10-19-8-3-5-14(19)12-6-9-22-11-12/h6,9,11,13-14H,1-5,7-8,10H2,(H,17,21)(H,18,20)/t13-,14-/m0/s1. The lowest BCUT2D eigenvalue weighted by Gasteiger charge is -2.24. The van der Waals surface area contributed by atoms with Crippen molar-refractivity contribution < 1.29 is 9.59 Å². The summed E-state index contributed by atoms with van der Waals surface area (Å²) in [6, 6.07) is 2.13. The third-order valence-corrected chi connectivity index (χ3v) is 5.21. The topological polar surface area (TPSA) is 61.4 Å². The molecule has 0 radical (unpaired) electrons. The van der Waals surface area contributed by atoms with Crippen molar-refractivity contribution in [3.8, 4) is 0 Å². The second kappa shape index (κ2) is 7.24. The van der Waals surface area contributed by atoms with Crippen LogP contribution in [0.25, 0.3) is 0 Å². The molecule has 1 aromatic heterocycles. The van der Waals surface area contributed by atoms with Gasteiger partial charge < -0.3 is 10.6 Å². The van der Waals surface area contributed by atoms with Gasteiger partial charge in [-0.05, 0) is 61.0 Å². The van der Waals surface area contributed by atoms with Gasteiger partial charge in [-0.25, -0.2) is 0 Å². The molecule has 3 rings (SSSR count). The summed E-state index contributed by atoms with van der Waals surface area (Å²) >= 11 is 1.70. The summed E-state index contributed by atoms with van der Waals surface area (Å²) in [5.74, 6) is -0.0779. The SMILES string of the molecule is O=C(CN1CCC[C@H]1c1ccsc1)N[C@H]1CCCCNC1=O. The normalized spacial score (nSPS) is 26.5. The predicted octanol–water partition coefficient (Wildman–Crippen LogP) is 1.67. The van der Waals surface area contributed by atoms with E-state index in [9.17, 15) is 9.59 Å². The third kappa shape index (κ3) is 3.67. The number of carbonyl (C=O) groups is 2. The zero-order valence-electron chi connectivity index (χ0n) is 12.7. The number of carbonyl (C=O) groups excluding carboxylic acids is 2. The molecule has 2 N–H and O–H groups in total. The lowest BCUT2D eigenvalue weighted by Crippen LogP contribution is -2.48. The van der Waals surface area contributed by atoms with E-state index in [0.29, 0.717) is 12.6 Å². The molecule has 1 aromatic rings. The minimum absolute atomic E-state index is 0.0378. The Hall–Kier alpha value is -1.40. The van der Waals surface area contributed by atoms with Crippen LogP contribution < -0.4 is 10.6 Å². The molecule has 0 aromatic carbocycles. The fraction of sp³-hybridized carbons (Fsp3) is 0.625.